The maximum atomic E-state index is 12.1. The number of rotatable bonds is 3. The number of hydrogen-bond donors (Lipinski definition) is 2. The molecule has 2 atom stereocenters. The van der Waals surface area contributed by atoms with E-state index in [4.69, 9.17) is 5.11 Å². The highest BCUT2D eigenvalue weighted by Gasteiger charge is 2.37. The lowest BCUT2D eigenvalue weighted by Crippen LogP contribution is -2.29. The van der Waals surface area contributed by atoms with Crippen LogP contribution in [-0.2, 0) is 9.59 Å². The summed E-state index contributed by atoms with van der Waals surface area (Å²) in [5.74, 6) is -2.04. The van der Waals surface area contributed by atoms with Gasteiger partial charge in [-0.25, -0.2) is 0 Å². The van der Waals surface area contributed by atoms with Gasteiger partial charge in [0.25, 0.3) is 0 Å². The molecule has 1 fully saturated rings. The molecule has 1 aromatic carbocycles. The van der Waals surface area contributed by atoms with Gasteiger partial charge in [-0.15, -0.1) is 0 Å². The number of carbonyl (C=O) groups is 2. The minimum atomic E-state index is -0.874. The summed E-state index contributed by atoms with van der Waals surface area (Å²) in [5.41, 5.74) is 0.688. The van der Waals surface area contributed by atoms with Gasteiger partial charge in [-0.05, 0) is 69.6 Å². The van der Waals surface area contributed by atoms with Crippen LogP contribution in [0.25, 0.3) is 0 Å². The van der Waals surface area contributed by atoms with E-state index in [0.29, 0.717) is 18.5 Å². The quantitative estimate of drug-likeness (QED) is 0.711. The number of nitrogens with one attached hydrogen (secondary N) is 1. The van der Waals surface area contributed by atoms with Gasteiger partial charge in [0, 0.05) is 13.7 Å². The van der Waals surface area contributed by atoms with E-state index in [-0.39, 0.29) is 5.91 Å². The number of benzene rings is 1. The highest BCUT2D eigenvalue weighted by molar-refractivity contribution is 14.1. The summed E-state index contributed by atoms with van der Waals surface area (Å²) in [5, 5.41) is 11.9. The summed E-state index contributed by atoms with van der Waals surface area (Å²) in [6.07, 6.45) is 2.03. The van der Waals surface area contributed by atoms with Crippen molar-refractivity contribution in [1.82, 2.24) is 0 Å². The third-order valence-corrected chi connectivity index (χ3v) is 5.70. The molecular weight excluding hydrogens is 425 g/mol. The van der Waals surface area contributed by atoms with Crippen molar-refractivity contribution in [2.75, 3.05) is 5.32 Å². The average molecular weight is 438 g/mol. The van der Waals surface area contributed by atoms with E-state index in [0.717, 1.165) is 14.5 Å². The minimum Gasteiger partial charge on any atom is -0.481 e. The van der Waals surface area contributed by atoms with Crippen LogP contribution >= 0.6 is 38.5 Å². The van der Waals surface area contributed by atoms with Crippen LogP contribution in [-0.4, -0.2) is 17.0 Å². The van der Waals surface area contributed by atoms with Crippen molar-refractivity contribution in [1.29, 1.82) is 0 Å². The predicted molar refractivity (Wildman–Crippen MR) is 84.0 cm³/mol. The Morgan fingerprint density at radius 3 is 2.63 bits per heavy atom. The second-order valence-corrected chi connectivity index (χ2v) is 6.62. The second kappa shape index (κ2) is 6.21. The lowest BCUT2D eigenvalue weighted by Gasteiger charge is -2.15. The SMILES string of the molecule is O=C(O)C1CCCC1C(=O)Nc1ccc(I)c(Br)c1. The largest absolute Gasteiger partial charge is 0.481 e. The molecule has 0 aromatic heterocycles. The lowest BCUT2D eigenvalue weighted by molar-refractivity contribution is -0.145. The van der Waals surface area contributed by atoms with Crippen molar-refractivity contribution in [2.24, 2.45) is 11.8 Å². The number of carboxylic acid groups (broad SMARTS) is 1. The molecule has 1 aliphatic carbocycles. The second-order valence-electron chi connectivity index (χ2n) is 4.60. The number of carbonyl (C=O) groups excluding carboxylic acids is 1. The molecule has 2 N–H and O–H groups in total. The maximum Gasteiger partial charge on any atom is 0.307 e. The smallest absolute Gasteiger partial charge is 0.307 e. The van der Waals surface area contributed by atoms with Gasteiger partial charge in [-0.1, -0.05) is 6.42 Å². The molecule has 0 spiro atoms. The molecule has 0 bridgehead atoms. The Morgan fingerprint density at radius 1 is 1.32 bits per heavy atom. The summed E-state index contributed by atoms with van der Waals surface area (Å²) < 4.78 is 1.96. The summed E-state index contributed by atoms with van der Waals surface area (Å²) in [7, 11) is 0. The molecule has 19 heavy (non-hydrogen) atoms. The van der Waals surface area contributed by atoms with E-state index < -0.39 is 17.8 Å². The average Bonchev–Trinajstić information content (AvgIpc) is 2.83. The van der Waals surface area contributed by atoms with E-state index in [9.17, 15) is 9.59 Å². The first-order valence-electron chi connectivity index (χ1n) is 5.98. The van der Waals surface area contributed by atoms with Crippen LogP contribution in [0.1, 0.15) is 19.3 Å². The van der Waals surface area contributed by atoms with E-state index in [2.05, 4.69) is 43.8 Å². The molecule has 1 aromatic rings. The molecule has 0 heterocycles. The van der Waals surface area contributed by atoms with Gasteiger partial charge in [0.15, 0.2) is 0 Å². The van der Waals surface area contributed by atoms with Gasteiger partial charge in [0.1, 0.15) is 0 Å². The zero-order chi connectivity index (χ0) is 14.0. The van der Waals surface area contributed by atoms with Gasteiger partial charge in [-0.3, -0.25) is 9.59 Å². The van der Waals surface area contributed by atoms with Gasteiger partial charge < -0.3 is 10.4 Å². The van der Waals surface area contributed by atoms with Crippen LogP contribution in [0.5, 0.6) is 0 Å². The fraction of sp³-hybridized carbons (Fsp3) is 0.385. The van der Waals surface area contributed by atoms with E-state index in [1.807, 2.05) is 18.2 Å². The normalized spacial score (nSPS) is 22.2. The van der Waals surface area contributed by atoms with Crippen LogP contribution in [0.2, 0.25) is 0 Å². The number of amides is 1. The Kier molecular flexibility index (Phi) is 4.83. The van der Waals surface area contributed by atoms with Crippen molar-refractivity contribution < 1.29 is 14.7 Å². The first-order valence-corrected chi connectivity index (χ1v) is 7.85. The first-order chi connectivity index (χ1) is 8.99. The minimum absolute atomic E-state index is 0.196. The van der Waals surface area contributed by atoms with Crippen molar-refractivity contribution in [3.63, 3.8) is 0 Å². The number of halogens is 2. The van der Waals surface area contributed by atoms with Gasteiger partial charge in [-0.2, -0.15) is 0 Å². The van der Waals surface area contributed by atoms with Crippen LogP contribution in [0.3, 0.4) is 0 Å². The maximum absolute atomic E-state index is 12.1. The molecule has 0 aliphatic heterocycles. The summed E-state index contributed by atoms with van der Waals surface area (Å²) in [4.78, 5) is 23.2. The predicted octanol–water partition coefficient (Wildman–Crippen LogP) is 3.49. The van der Waals surface area contributed by atoms with Crippen molar-refractivity contribution >= 4 is 56.1 Å². The molecule has 2 rings (SSSR count). The molecule has 0 radical (unpaired) electrons. The Labute approximate surface area is 133 Å². The van der Waals surface area contributed by atoms with Crippen molar-refractivity contribution in [3.8, 4) is 0 Å². The molecule has 1 saturated carbocycles. The summed E-state index contributed by atoms with van der Waals surface area (Å²) in [6.45, 7) is 0. The highest BCUT2D eigenvalue weighted by atomic mass is 127. The van der Waals surface area contributed by atoms with Crippen LogP contribution in [0.15, 0.2) is 22.7 Å². The van der Waals surface area contributed by atoms with Crippen LogP contribution in [0, 0.1) is 15.4 Å². The van der Waals surface area contributed by atoms with Gasteiger partial charge in [0.2, 0.25) is 5.91 Å². The third kappa shape index (κ3) is 3.47. The Morgan fingerprint density at radius 2 is 2.00 bits per heavy atom. The zero-order valence-electron chi connectivity index (χ0n) is 10.0. The number of anilines is 1. The molecular formula is C13H13BrINO3. The molecule has 2 unspecified atom stereocenters. The summed E-state index contributed by atoms with van der Waals surface area (Å²) in [6, 6.07) is 5.53. The standard InChI is InChI=1S/C13H13BrINO3/c14-10-6-7(4-5-11(10)15)16-12(17)8-2-1-3-9(8)13(18)19/h4-6,8-9H,1-3H2,(H,16,17)(H,18,19). The van der Waals surface area contributed by atoms with Crippen LogP contribution < -0.4 is 5.32 Å². The fourth-order valence-electron chi connectivity index (χ4n) is 2.38. The molecule has 0 saturated heterocycles. The number of carboxylic acids is 1. The highest BCUT2D eigenvalue weighted by Crippen LogP contribution is 2.33. The van der Waals surface area contributed by atoms with Crippen molar-refractivity contribution in [2.45, 2.75) is 19.3 Å². The molecule has 6 heteroatoms. The third-order valence-electron chi connectivity index (χ3n) is 3.36. The van der Waals surface area contributed by atoms with E-state index in [1.54, 1.807) is 0 Å². The molecule has 1 amide bonds. The zero-order valence-corrected chi connectivity index (χ0v) is 13.8. The van der Waals surface area contributed by atoms with E-state index in [1.165, 1.54) is 0 Å². The molecule has 1 aliphatic rings. The Hall–Kier alpha value is -0.630. The van der Waals surface area contributed by atoms with E-state index >= 15 is 0 Å². The number of hydrogen-bond acceptors (Lipinski definition) is 2. The fourth-order valence-corrected chi connectivity index (χ4v) is 3.09. The van der Waals surface area contributed by atoms with Gasteiger partial charge in [0.05, 0.1) is 11.8 Å². The molecule has 4 nitrogen and oxygen atoms in total. The Balaban J connectivity index is 2.08. The number of aliphatic carboxylic acids is 1. The first kappa shape index (κ1) is 14.8. The molecule has 102 valence electrons. The summed E-state index contributed by atoms with van der Waals surface area (Å²) >= 11 is 5.59. The monoisotopic (exact) mass is 437 g/mol. The lowest BCUT2D eigenvalue weighted by atomic mass is 9.95. The Bertz CT molecular complexity index is 521. The topological polar surface area (TPSA) is 66.4 Å². The van der Waals surface area contributed by atoms with Crippen molar-refractivity contribution in [3.05, 3.63) is 26.2 Å². The van der Waals surface area contributed by atoms with Crippen LogP contribution in [0.4, 0.5) is 5.69 Å². The van der Waals surface area contributed by atoms with Gasteiger partial charge >= 0.3 is 5.97 Å².